The number of hydrogen-bond donors (Lipinski definition) is 0. The number of esters is 2. The van der Waals surface area contributed by atoms with Crippen LogP contribution in [0, 0.1) is 0 Å². The van der Waals surface area contributed by atoms with E-state index < -0.39 is 8.07 Å². The standard InChI is InChI=1S/C16H26O4Si/c1-19-15(17)13-10-7-11-21(3,14(13)16(18)20-2)12-8-5-4-6-9-12/h12H,4-11H2,1-3H3/t21-/m0/s1. The Morgan fingerprint density at radius 1 is 1.00 bits per heavy atom. The van der Waals surface area contributed by atoms with Gasteiger partial charge >= 0.3 is 11.9 Å². The molecular weight excluding hydrogens is 284 g/mol. The van der Waals surface area contributed by atoms with Crippen LogP contribution in [-0.4, -0.2) is 34.2 Å². The van der Waals surface area contributed by atoms with Gasteiger partial charge < -0.3 is 9.47 Å². The van der Waals surface area contributed by atoms with E-state index in [1.807, 2.05) is 0 Å². The molecule has 0 amide bonds. The van der Waals surface area contributed by atoms with Gasteiger partial charge in [0.15, 0.2) is 0 Å². The van der Waals surface area contributed by atoms with Crippen molar-refractivity contribution in [2.75, 3.05) is 14.2 Å². The van der Waals surface area contributed by atoms with E-state index in [0.29, 0.717) is 17.5 Å². The Morgan fingerprint density at radius 2 is 1.62 bits per heavy atom. The van der Waals surface area contributed by atoms with Crippen LogP contribution in [-0.2, 0) is 19.1 Å². The Labute approximate surface area is 127 Å². The van der Waals surface area contributed by atoms with Crippen LogP contribution in [0.25, 0.3) is 0 Å². The zero-order chi connectivity index (χ0) is 15.5. The van der Waals surface area contributed by atoms with Gasteiger partial charge in [-0.15, -0.1) is 0 Å². The van der Waals surface area contributed by atoms with Gasteiger partial charge in [0.25, 0.3) is 0 Å². The van der Waals surface area contributed by atoms with Crippen LogP contribution in [0.1, 0.15) is 44.9 Å². The molecule has 0 aromatic carbocycles. The molecule has 0 bridgehead atoms. The Hall–Kier alpha value is -1.10. The quantitative estimate of drug-likeness (QED) is 0.592. The minimum atomic E-state index is -1.99. The number of carbonyl (C=O) groups is 2. The van der Waals surface area contributed by atoms with E-state index in [9.17, 15) is 9.59 Å². The number of rotatable bonds is 3. The molecule has 21 heavy (non-hydrogen) atoms. The molecule has 5 heteroatoms. The molecule has 0 unspecified atom stereocenters. The van der Waals surface area contributed by atoms with Crippen molar-refractivity contribution in [3.05, 3.63) is 10.8 Å². The summed E-state index contributed by atoms with van der Waals surface area (Å²) in [7, 11) is 0.811. The fourth-order valence-corrected chi connectivity index (χ4v) is 9.31. The van der Waals surface area contributed by atoms with Gasteiger partial charge in [0, 0.05) is 10.8 Å². The Balaban J connectivity index is 2.46. The van der Waals surface area contributed by atoms with Gasteiger partial charge in [-0.1, -0.05) is 51.1 Å². The molecule has 0 spiro atoms. The minimum absolute atomic E-state index is 0.296. The van der Waals surface area contributed by atoms with Crippen molar-refractivity contribution in [1.29, 1.82) is 0 Å². The molecule has 118 valence electrons. The van der Waals surface area contributed by atoms with Crippen molar-refractivity contribution in [1.82, 2.24) is 0 Å². The summed E-state index contributed by atoms with van der Waals surface area (Å²) in [5.74, 6) is -0.639. The van der Waals surface area contributed by atoms with E-state index >= 15 is 0 Å². The van der Waals surface area contributed by atoms with E-state index in [0.717, 1.165) is 17.7 Å². The van der Waals surface area contributed by atoms with Crippen molar-refractivity contribution in [2.45, 2.75) is 63.1 Å². The molecule has 2 rings (SSSR count). The smallest absolute Gasteiger partial charge is 0.333 e. The molecule has 1 heterocycles. The fraction of sp³-hybridized carbons (Fsp3) is 0.750. The molecular formula is C16H26O4Si. The predicted octanol–water partition coefficient (Wildman–Crippen LogP) is 3.37. The third-order valence-corrected chi connectivity index (χ3v) is 10.7. The average molecular weight is 310 g/mol. The first-order chi connectivity index (χ1) is 10.0. The molecule has 0 N–H and O–H groups in total. The van der Waals surface area contributed by atoms with Gasteiger partial charge in [-0.05, 0) is 12.0 Å². The number of carbonyl (C=O) groups excluding carboxylic acids is 2. The van der Waals surface area contributed by atoms with E-state index in [2.05, 4.69) is 6.55 Å². The summed E-state index contributed by atoms with van der Waals surface area (Å²) in [6.45, 7) is 2.28. The summed E-state index contributed by atoms with van der Waals surface area (Å²) < 4.78 is 9.94. The van der Waals surface area contributed by atoms with Crippen LogP contribution >= 0.6 is 0 Å². The molecule has 0 saturated heterocycles. The van der Waals surface area contributed by atoms with Gasteiger partial charge in [-0.2, -0.15) is 0 Å². The monoisotopic (exact) mass is 310 g/mol. The second-order valence-corrected chi connectivity index (χ2v) is 11.1. The molecule has 0 aromatic rings. The lowest BCUT2D eigenvalue weighted by atomic mass is 10.0. The molecule has 0 radical (unpaired) electrons. The second kappa shape index (κ2) is 6.77. The topological polar surface area (TPSA) is 52.6 Å². The molecule has 1 saturated carbocycles. The summed E-state index contributed by atoms with van der Waals surface area (Å²) in [4.78, 5) is 24.5. The van der Waals surface area contributed by atoms with Gasteiger partial charge in [-0.3, -0.25) is 0 Å². The SMILES string of the molecule is COC(=O)C1=C(C(=O)OC)[Si@](C)(C2CCCCC2)CCC1. The molecule has 2 aliphatic rings. The normalized spacial score (nSPS) is 27.4. The van der Waals surface area contributed by atoms with Gasteiger partial charge in [0.05, 0.1) is 22.3 Å². The lowest BCUT2D eigenvalue weighted by Crippen LogP contribution is -2.46. The van der Waals surface area contributed by atoms with E-state index in [4.69, 9.17) is 9.47 Å². The lowest BCUT2D eigenvalue weighted by molar-refractivity contribution is -0.139. The van der Waals surface area contributed by atoms with Crippen LogP contribution in [0.3, 0.4) is 0 Å². The molecule has 1 aliphatic carbocycles. The Kier molecular flexibility index (Phi) is 5.25. The Bertz CT molecular complexity index is 451. The lowest BCUT2D eigenvalue weighted by Gasteiger charge is -2.42. The zero-order valence-electron chi connectivity index (χ0n) is 13.4. The van der Waals surface area contributed by atoms with Gasteiger partial charge in [0.2, 0.25) is 0 Å². The van der Waals surface area contributed by atoms with Crippen molar-refractivity contribution in [2.24, 2.45) is 0 Å². The van der Waals surface area contributed by atoms with E-state index in [1.165, 1.54) is 46.3 Å². The van der Waals surface area contributed by atoms with Crippen molar-refractivity contribution in [3.8, 4) is 0 Å². The second-order valence-electron chi connectivity index (χ2n) is 6.44. The van der Waals surface area contributed by atoms with Crippen molar-refractivity contribution < 1.29 is 19.1 Å². The highest BCUT2D eigenvalue weighted by Gasteiger charge is 2.47. The maximum Gasteiger partial charge on any atom is 0.333 e. The molecule has 4 nitrogen and oxygen atoms in total. The molecule has 1 atom stereocenters. The molecule has 1 fully saturated rings. The Morgan fingerprint density at radius 3 is 2.19 bits per heavy atom. The molecule has 1 aliphatic heterocycles. The first-order valence-corrected chi connectivity index (χ1v) is 10.7. The largest absolute Gasteiger partial charge is 0.466 e. The van der Waals surface area contributed by atoms with Crippen LogP contribution < -0.4 is 0 Å². The summed E-state index contributed by atoms with van der Waals surface area (Å²) in [5.41, 5.74) is 1.19. The first-order valence-electron chi connectivity index (χ1n) is 7.95. The number of methoxy groups -OCH3 is 2. The summed E-state index contributed by atoms with van der Waals surface area (Å²) in [6, 6.07) is 1.09. The highest BCUT2D eigenvalue weighted by Crippen LogP contribution is 2.47. The van der Waals surface area contributed by atoms with Crippen molar-refractivity contribution >= 4 is 20.0 Å². The highest BCUT2D eigenvalue weighted by atomic mass is 28.3. The van der Waals surface area contributed by atoms with Crippen LogP contribution in [0.2, 0.25) is 18.1 Å². The van der Waals surface area contributed by atoms with Crippen LogP contribution in [0.4, 0.5) is 0 Å². The van der Waals surface area contributed by atoms with E-state index in [1.54, 1.807) is 0 Å². The maximum atomic E-state index is 12.4. The van der Waals surface area contributed by atoms with Gasteiger partial charge in [-0.25, -0.2) is 9.59 Å². The van der Waals surface area contributed by atoms with E-state index in [-0.39, 0.29) is 11.9 Å². The fourth-order valence-electron chi connectivity index (χ4n) is 4.16. The number of hydrogen-bond acceptors (Lipinski definition) is 4. The summed E-state index contributed by atoms with van der Waals surface area (Å²) >= 11 is 0. The highest BCUT2D eigenvalue weighted by molar-refractivity contribution is 6.91. The summed E-state index contributed by atoms with van der Waals surface area (Å²) in [6.07, 6.45) is 7.80. The predicted molar refractivity (Wildman–Crippen MR) is 83.6 cm³/mol. The minimum Gasteiger partial charge on any atom is -0.466 e. The zero-order valence-corrected chi connectivity index (χ0v) is 14.4. The third-order valence-electron chi connectivity index (χ3n) is 5.32. The summed E-state index contributed by atoms with van der Waals surface area (Å²) in [5, 5.41) is 0.718. The molecule has 0 aromatic heterocycles. The van der Waals surface area contributed by atoms with Crippen molar-refractivity contribution in [3.63, 3.8) is 0 Å². The average Bonchev–Trinajstić information content (AvgIpc) is 2.54. The number of ether oxygens (including phenoxy) is 2. The van der Waals surface area contributed by atoms with Crippen LogP contribution in [0.15, 0.2) is 10.8 Å². The van der Waals surface area contributed by atoms with Gasteiger partial charge in [0.1, 0.15) is 0 Å². The first kappa shape index (κ1) is 16.3. The maximum absolute atomic E-state index is 12.4. The third kappa shape index (κ3) is 3.07. The van der Waals surface area contributed by atoms with Crippen LogP contribution in [0.5, 0.6) is 0 Å².